The molecule has 2 aromatic heterocycles. The van der Waals surface area contributed by atoms with Crippen molar-refractivity contribution in [3.05, 3.63) is 22.2 Å². The highest BCUT2D eigenvalue weighted by Gasteiger charge is 1.94. The van der Waals surface area contributed by atoms with Crippen molar-refractivity contribution in [2.24, 2.45) is 0 Å². The molecule has 2 aromatic rings. The van der Waals surface area contributed by atoms with E-state index in [2.05, 4.69) is 37.8 Å². The highest BCUT2D eigenvalue weighted by atomic mass is 127. The third-order valence-electron chi connectivity index (χ3n) is 1.29. The second kappa shape index (κ2) is 2.19. The minimum Gasteiger partial charge on any atom is -0.278 e. The summed E-state index contributed by atoms with van der Waals surface area (Å²) in [6, 6.07) is 1.96. The molecule has 0 bridgehead atoms. The molecule has 0 aromatic carbocycles. The molecule has 0 spiro atoms. The smallest absolute Gasteiger partial charge is 0.103 e. The van der Waals surface area contributed by atoms with Crippen LogP contribution in [0.25, 0.3) is 10.9 Å². The van der Waals surface area contributed by atoms with Crippen LogP contribution in [0.2, 0.25) is 0 Å². The van der Waals surface area contributed by atoms with Crippen LogP contribution in [0.4, 0.5) is 0 Å². The second-order valence-corrected chi connectivity index (χ2v) is 3.07. The van der Waals surface area contributed by atoms with Crippen molar-refractivity contribution in [2.75, 3.05) is 0 Å². The van der Waals surface area contributed by atoms with Crippen LogP contribution in [-0.4, -0.2) is 15.2 Å². The molecule has 0 aliphatic carbocycles. The molecule has 1 N–H and O–H groups in total. The summed E-state index contributed by atoms with van der Waals surface area (Å²) >= 11 is 2.17. The Morgan fingerprint density at radius 3 is 3.20 bits per heavy atom. The first-order valence-corrected chi connectivity index (χ1v) is 3.89. The molecular formula is C6H4IN3. The van der Waals surface area contributed by atoms with E-state index in [0.29, 0.717) is 0 Å². The van der Waals surface area contributed by atoms with Crippen molar-refractivity contribution >= 4 is 33.5 Å². The van der Waals surface area contributed by atoms with Gasteiger partial charge in [0.15, 0.2) is 0 Å². The van der Waals surface area contributed by atoms with E-state index in [1.807, 2.05) is 6.07 Å². The summed E-state index contributed by atoms with van der Waals surface area (Å²) in [6.07, 6.45) is 3.57. The first kappa shape index (κ1) is 6.09. The first-order valence-electron chi connectivity index (χ1n) is 2.81. The van der Waals surface area contributed by atoms with Crippen LogP contribution in [0.3, 0.4) is 0 Å². The number of H-pyrrole nitrogens is 1. The molecule has 0 aliphatic rings. The van der Waals surface area contributed by atoms with Gasteiger partial charge >= 0.3 is 0 Å². The Labute approximate surface area is 71.0 Å². The summed E-state index contributed by atoms with van der Waals surface area (Å²) < 4.78 is 0.981. The van der Waals surface area contributed by atoms with Crippen LogP contribution >= 0.6 is 22.6 Å². The third kappa shape index (κ3) is 0.880. The minimum absolute atomic E-state index is 0.981. The predicted molar refractivity (Wildman–Crippen MR) is 46.6 cm³/mol. The molecule has 0 unspecified atom stereocenters. The van der Waals surface area contributed by atoms with E-state index in [1.54, 1.807) is 12.4 Å². The maximum atomic E-state index is 4.11. The lowest BCUT2D eigenvalue weighted by atomic mass is 10.3. The molecular weight excluding hydrogens is 241 g/mol. The van der Waals surface area contributed by atoms with Gasteiger partial charge in [-0.15, -0.1) is 0 Å². The van der Waals surface area contributed by atoms with E-state index in [4.69, 9.17) is 0 Å². The summed E-state index contributed by atoms with van der Waals surface area (Å²) in [7, 11) is 0. The van der Waals surface area contributed by atoms with E-state index in [0.717, 1.165) is 14.6 Å². The lowest BCUT2D eigenvalue weighted by Crippen LogP contribution is -1.77. The number of halogens is 1. The van der Waals surface area contributed by atoms with Crippen molar-refractivity contribution in [2.45, 2.75) is 0 Å². The average molecular weight is 245 g/mol. The fourth-order valence-corrected chi connectivity index (χ4v) is 1.26. The van der Waals surface area contributed by atoms with Crippen molar-refractivity contribution in [1.29, 1.82) is 0 Å². The third-order valence-corrected chi connectivity index (χ3v) is 1.88. The van der Waals surface area contributed by atoms with Crippen LogP contribution in [0.5, 0.6) is 0 Å². The summed E-state index contributed by atoms with van der Waals surface area (Å²) in [5.74, 6) is 0. The van der Waals surface area contributed by atoms with Gasteiger partial charge in [-0.25, -0.2) is 4.98 Å². The van der Waals surface area contributed by atoms with Gasteiger partial charge in [-0.3, -0.25) is 5.10 Å². The molecule has 4 heteroatoms. The Morgan fingerprint density at radius 1 is 1.40 bits per heavy atom. The topological polar surface area (TPSA) is 41.6 Å². The summed E-state index contributed by atoms with van der Waals surface area (Å²) in [5, 5.41) is 7.80. The Bertz CT molecular complexity index is 355. The van der Waals surface area contributed by atoms with Crippen molar-refractivity contribution in [1.82, 2.24) is 15.2 Å². The lowest BCUT2D eigenvalue weighted by Gasteiger charge is -1.87. The van der Waals surface area contributed by atoms with Crippen LogP contribution in [0.1, 0.15) is 0 Å². The molecule has 2 heterocycles. The molecule has 10 heavy (non-hydrogen) atoms. The Morgan fingerprint density at radius 2 is 2.30 bits per heavy atom. The molecule has 0 aliphatic heterocycles. The van der Waals surface area contributed by atoms with Crippen LogP contribution in [-0.2, 0) is 0 Å². The summed E-state index contributed by atoms with van der Waals surface area (Å²) in [5.41, 5.74) is 1.04. The zero-order valence-corrected chi connectivity index (χ0v) is 7.16. The standard InChI is InChI=1S/C6H4IN3/c7-6-1-5-4(2-8-6)3-9-10-5/h1-3H,(H,9,10). The zero-order valence-electron chi connectivity index (χ0n) is 5.00. The molecule has 50 valence electrons. The zero-order chi connectivity index (χ0) is 6.97. The van der Waals surface area contributed by atoms with Gasteiger partial charge in [0, 0.05) is 11.6 Å². The fraction of sp³-hybridized carbons (Fsp3) is 0. The molecule has 0 saturated heterocycles. The highest BCUT2D eigenvalue weighted by Crippen LogP contribution is 2.10. The Hall–Kier alpha value is -0.650. The van der Waals surface area contributed by atoms with E-state index < -0.39 is 0 Å². The van der Waals surface area contributed by atoms with E-state index in [-0.39, 0.29) is 0 Å². The Balaban J connectivity index is 2.86. The maximum absolute atomic E-state index is 4.11. The normalized spacial score (nSPS) is 10.5. The number of hydrogen-bond acceptors (Lipinski definition) is 2. The maximum Gasteiger partial charge on any atom is 0.103 e. The van der Waals surface area contributed by atoms with Crippen LogP contribution in [0.15, 0.2) is 18.5 Å². The quantitative estimate of drug-likeness (QED) is 0.565. The number of hydrogen-bond donors (Lipinski definition) is 1. The van der Waals surface area contributed by atoms with Gasteiger partial charge in [-0.2, -0.15) is 5.10 Å². The van der Waals surface area contributed by atoms with Gasteiger partial charge in [0.25, 0.3) is 0 Å². The fourth-order valence-electron chi connectivity index (χ4n) is 0.812. The van der Waals surface area contributed by atoms with E-state index in [1.165, 1.54) is 0 Å². The molecule has 3 nitrogen and oxygen atoms in total. The molecule has 0 amide bonds. The monoisotopic (exact) mass is 245 g/mol. The summed E-state index contributed by atoms with van der Waals surface area (Å²) in [6.45, 7) is 0. The van der Waals surface area contributed by atoms with Gasteiger partial charge in [0.05, 0.1) is 11.7 Å². The number of pyridine rings is 1. The van der Waals surface area contributed by atoms with Gasteiger partial charge < -0.3 is 0 Å². The predicted octanol–water partition coefficient (Wildman–Crippen LogP) is 1.56. The highest BCUT2D eigenvalue weighted by molar-refractivity contribution is 14.1. The van der Waals surface area contributed by atoms with Gasteiger partial charge in [-0.1, -0.05) is 0 Å². The van der Waals surface area contributed by atoms with Crippen molar-refractivity contribution in [3.63, 3.8) is 0 Å². The van der Waals surface area contributed by atoms with Crippen molar-refractivity contribution in [3.8, 4) is 0 Å². The molecule has 0 fully saturated rings. The molecule has 2 rings (SSSR count). The molecule has 0 radical (unpaired) electrons. The van der Waals surface area contributed by atoms with Crippen molar-refractivity contribution < 1.29 is 0 Å². The number of rotatable bonds is 0. The van der Waals surface area contributed by atoms with Crippen LogP contribution in [0, 0.1) is 3.70 Å². The van der Waals surface area contributed by atoms with Gasteiger partial charge in [-0.05, 0) is 28.7 Å². The lowest BCUT2D eigenvalue weighted by molar-refractivity contribution is 1.12. The van der Waals surface area contributed by atoms with Gasteiger partial charge in [0.1, 0.15) is 3.70 Å². The SMILES string of the molecule is Ic1cc2[nH]ncc2cn1. The van der Waals surface area contributed by atoms with Crippen LogP contribution < -0.4 is 0 Å². The number of fused-ring (bicyclic) bond motifs is 1. The number of aromatic nitrogens is 3. The second-order valence-electron chi connectivity index (χ2n) is 1.96. The minimum atomic E-state index is 0.981. The largest absolute Gasteiger partial charge is 0.278 e. The van der Waals surface area contributed by atoms with E-state index >= 15 is 0 Å². The average Bonchev–Trinajstić information content (AvgIpc) is 2.33. The number of nitrogens with zero attached hydrogens (tertiary/aromatic N) is 2. The van der Waals surface area contributed by atoms with E-state index in [9.17, 15) is 0 Å². The summed E-state index contributed by atoms with van der Waals surface area (Å²) in [4.78, 5) is 4.11. The number of aromatic amines is 1. The molecule has 0 atom stereocenters. The number of nitrogens with one attached hydrogen (secondary N) is 1. The van der Waals surface area contributed by atoms with Gasteiger partial charge in [0.2, 0.25) is 0 Å². The first-order chi connectivity index (χ1) is 4.86. The Kier molecular flexibility index (Phi) is 1.33. The molecule has 0 saturated carbocycles.